The van der Waals surface area contributed by atoms with Crippen molar-refractivity contribution in [1.29, 1.82) is 0 Å². The SMILES string of the molecule is Nc1nc2cc[nH]c2nc1C(c1ccccc1)(c1ccccc1)c1ccccc1. The van der Waals surface area contributed by atoms with Crippen molar-refractivity contribution in [2.24, 2.45) is 0 Å². The Labute approximate surface area is 169 Å². The van der Waals surface area contributed by atoms with E-state index in [2.05, 4.69) is 46.4 Å². The van der Waals surface area contributed by atoms with Gasteiger partial charge in [-0.3, -0.25) is 0 Å². The van der Waals surface area contributed by atoms with Crippen LogP contribution in [0.4, 0.5) is 5.82 Å². The average molecular weight is 376 g/mol. The van der Waals surface area contributed by atoms with E-state index < -0.39 is 5.41 Å². The number of hydrogen-bond acceptors (Lipinski definition) is 3. The van der Waals surface area contributed by atoms with E-state index in [9.17, 15) is 0 Å². The lowest BCUT2D eigenvalue weighted by Gasteiger charge is -2.35. The van der Waals surface area contributed by atoms with Crippen LogP contribution in [0, 0.1) is 0 Å². The lowest BCUT2D eigenvalue weighted by Crippen LogP contribution is -2.33. The van der Waals surface area contributed by atoms with Gasteiger partial charge in [0.1, 0.15) is 17.0 Å². The van der Waals surface area contributed by atoms with Crippen molar-refractivity contribution in [3.63, 3.8) is 0 Å². The Morgan fingerprint density at radius 3 is 1.59 bits per heavy atom. The highest BCUT2D eigenvalue weighted by Crippen LogP contribution is 2.46. The maximum Gasteiger partial charge on any atom is 0.156 e. The van der Waals surface area contributed by atoms with Crippen LogP contribution in [-0.4, -0.2) is 15.0 Å². The van der Waals surface area contributed by atoms with Gasteiger partial charge in [0.2, 0.25) is 0 Å². The first-order valence-electron chi connectivity index (χ1n) is 9.58. The van der Waals surface area contributed by atoms with Gasteiger partial charge >= 0.3 is 0 Å². The van der Waals surface area contributed by atoms with E-state index >= 15 is 0 Å². The van der Waals surface area contributed by atoms with Gasteiger partial charge in [-0.1, -0.05) is 91.0 Å². The highest BCUT2D eigenvalue weighted by Gasteiger charge is 2.41. The minimum absolute atomic E-state index is 0.425. The second-order valence-electron chi connectivity index (χ2n) is 7.02. The molecule has 0 aliphatic heterocycles. The molecule has 29 heavy (non-hydrogen) atoms. The molecular formula is C25H20N4. The summed E-state index contributed by atoms with van der Waals surface area (Å²) >= 11 is 0. The fourth-order valence-corrected chi connectivity index (χ4v) is 4.13. The second-order valence-corrected chi connectivity index (χ2v) is 7.02. The van der Waals surface area contributed by atoms with Crippen LogP contribution in [0.2, 0.25) is 0 Å². The van der Waals surface area contributed by atoms with Gasteiger partial charge in [0.05, 0.1) is 5.41 Å². The Morgan fingerprint density at radius 2 is 1.10 bits per heavy atom. The third-order valence-corrected chi connectivity index (χ3v) is 5.39. The molecule has 0 saturated carbocycles. The molecule has 0 aliphatic rings. The zero-order valence-corrected chi connectivity index (χ0v) is 15.8. The number of fused-ring (bicyclic) bond motifs is 1. The third kappa shape index (κ3) is 2.69. The number of anilines is 1. The molecule has 0 radical (unpaired) electrons. The van der Waals surface area contributed by atoms with Gasteiger partial charge in [-0.05, 0) is 22.8 Å². The van der Waals surface area contributed by atoms with Crippen LogP contribution in [0.1, 0.15) is 22.4 Å². The lowest BCUT2D eigenvalue weighted by molar-refractivity contribution is 0.717. The molecule has 0 saturated heterocycles. The zero-order valence-electron chi connectivity index (χ0n) is 15.8. The summed E-state index contributed by atoms with van der Waals surface area (Å²) in [5.74, 6) is 0.425. The molecule has 0 unspecified atom stereocenters. The molecule has 140 valence electrons. The Balaban J connectivity index is 1.96. The number of H-pyrrole nitrogens is 1. The van der Waals surface area contributed by atoms with Crippen molar-refractivity contribution in [2.75, 3.05) is 5.73 Å². The summed E-state index contributed by atoms with van der Waals surface area (Å²) in [6.45, 7) is 0. The van der Waals surface area contributed by atoms with E-state index in [0.717, 1.165) is 33.5 Å². The van der Waals surface area contributed by atoms with Crippen molar-refractivity contribution in [3.05, 3.63) is 126 Å². The van der Waals surface area contributed by atoms with E-state index in [1.807, 2.05) is 66.9 Å². The number of rotatable bonds is 4. The Kier molecular flexibility index (Phi) is 4.10. The van der Waals surface area contributed by atoms with Gasteiger partial charge in [-0.15, -0.1) is 0 Å². The van der Waals surface area contributed by atoms with Crippen molar-refractivity contribution >= 4 is 17.0 Å². The predicted molar refractivity (Wildman–Crippen MR) is 117 cm³/mol. The molecule has 0 bridgehead atoms. The van der Waals surface area contributed by atoms with Gasteiger partial charge in [-0.2, -0.15) is 0 Å². The summed E-state index contributed by atoms with van der Waals surface area (Å²) in [4.78, 5) is 12.8. The monoisotopic (exact) mass is 376 g/mol. The molecule has 4 nitrogen and oxygen atoms in total. The van der Waals surface area contributed by atoms with E-state index in [-0.39, 0.29) is 0 Å². The molecule has 0 fully saturated rings. The van der Waals surface area contributed by atoms with Gasteiger partial charge in [0, 0.05) is 6.20 Å². The minimum atomic E-state index is -0.694. The summed E-state index contributed by atoms with van der Waals surface area (Å²) in [5.41, 5.74) is 11.3. The third-order valence-electron chi connectivity index (χ3n) is 5.39. The number of nitrogens with one attached hydrogen (secondary N) is 1. The number of nitrogens with zero attached hydrogens (tertiary/aromatic N) is 2. The fourth-order valence-electron chi connectivity index (χ4n) is 4.13. The first kappa shape index (κ1) is 17.2. The van der Waals surface area contributed by atoms with Crippen LogP contribution in [0.3, 0.4) is 0 Å². The number of aromatic nitrogens is 3. The largest absolute Gasteiger partial charge is 0.382 e. The number of nitrogens with two attached hydrogens (primary N) is 1. The molecule has 3 aromatic carbocycles. The van der Waals surface area contributed by atoms with Crippen molar-refractivity contribution in [1.82, 2.24) is 15.0 Å². The Morgan fingerprint density at radius 1 is 0.621 bits per heavy atom. The molecule has 4 heteroatoms. The molecule has 2 aromatic heterocycles. The average Bonchev–Trinajstić information content (AvgIpc) is 3.24. The lowest BCUT2D eigenvalue weighted by atomic mass is 9.67. The fraction of sp³-hybridized carbons (Fsp3) is 0.0400. The minimum Gasteiger partial charge on any atom is -0.382 e. The summed E-state index contributed by atoms with van der Waals surface area (Å²) in [7, 11) is 0. The number of benzene rings is 3. The number of hydrogen-bond donors (Lipinski definition) is 2. The summed E-state index contributed by atoms with van der Waals surface area (Å²) < 4.78 is 0. The number of aromatic amines is 1. The van der Waals surface area contributed by atoms with Crippen molar-refractivity contribution in [3.8, 4) is 0 Å². The smallest absolute Gasteiger partial charge is 0.156 e. The first-order chi connectivity index (χ1) is 14.3. The Hall–Kier alpha value is -3.92. The molecule has 3 N–H and O–H groups in total. The van der Waals surface area contributed by atoms with Crippen LogP contribution in [0.15, 0.2) is 103 Å². The predicted octanol–water partition coefficient (Wildman–Crippen LogP) is 4.92. The molecule has 0 amide bonds. The second kappa shape index (κ2) is 6.91. The summed E-state index contributed by atoms with van der Waals surface area (Å²) in [6, 6.07) is 33.0. The van der Waals surface area contributed by atoms with E-state index in [0.29, 0.717) is 5.82 Å². The molecule has 5 rings (SSSR count). The normalized spacial score (nSPS) is 11.6. The van der Waals surface area contributed by atoms with Crippen LogP contribution in [0.25, 0.3) is 11.2 Å². The first-order valence-corrected chi connectivity index (χ1v) is 9.58. The van der Waals surface area contributed by atoms with Crippen molar-refractivity contribution < 1.29 is 0 Å². The topological polar surface area (TPSA) is 67.6 Å². The summed E-state index contributed by atoms with van der Waals surface area (Å²) in [5, 5.41) is 0. The summed E-state index contributed by atoms with van der Waals surface area (Å²) in [6.07, 6.45) is 1.84. The van der Waals surface area contributed by atoms with E-state index in [1.54, 1.807) is 0 Å². The molecule has 0 aliphatic carbocycles. The van der Waals surface area contributed by atoms with E-state index in [1.165, 1.54) is 0 Å². The zero-order chi connectivity index (χ0) is 19.7. The van der Waals surface area contributed by atoms with Crippen molar-refractivity contribution in [2.45, 2.75) is 5.41 Å². The van der Waals surface area contributed by atoms with E-state index in [4.69, 9.17) is 10.7 Å². The molecule has 2 heterocycles. The molecule has 5 aromatic rings. The highest BCUT2D eigenvalue weighted by atomic mass is 15.0. The maximum absolute atomic E-state index is 6.56. The van der Waals surface area contributed by atoms with Crippen LogP contribution in [0.5, 0.6) is 0 Å². The van der Waals surface area contributed by atoms with Crippen LogP contribution >= 0.6 is 0 Å². The highest BCUT2D eigenvalue weighted by molar-refractivity contribution is 5.75. The van der Waals surface area contributed by atoms with Gasteiger partial charge in [-0.25, -0.2) is 9.97 Å². The quantitative estimate of drug-likeness (QED) is 0.437. The van der Waals surface area contributed by atoms with Crippen LogP contribution in [-0.2, 0) is 5.41 Å². The molecule has 0 atom stereocenters. The molecular weight excluding hydrogens is 356 g/mol. The van der Waals surface area contributed by atoms with Crippen LogP contribution < -0.4 is 5.73 Å². The standard InChI is InChI=1S/C25H20N4/c26-23-22(29-24-21(28-23)16-17-27-24)25(18-10-4-1-5-11-18,19-12-6-2-7-13-19)20-14-8-3-9-15-20/h1-17H,(H2,26,28)(H,27,29). The number of nitrogen functional groups attached to an aromatic ring is 1. The van der Waals surface area contributed by atoms with Gasteiger partial charge in [0.25, 0.3) is 0 Å². The Bertz CT molecular complexity index is 1150. The maximum atomic E-state index is 6.56. The molecule has 0 spiro atoms. The van der Waals surface area contributed by atoms with Gasteiger partial charge < -0.3 is 10.7 Å². The van der Waals surface area contributed by atoms with Gasteiger partial charge in [0.15, 0.2) is 5.65 Å².